The second-order valence-corrected chi connectivity index (χ2v) is 4.36. The highest BCUT2D eigenvalue weighted by Crippen LogP contribution is 2.15. The fraction of sp³-hybridized carbons (Fsp3) is 0.357. The van der Waals surface area contributed by atoms with Crippen molar-refractivity contribution in [2.45, 2.75) is 26.8 Å². The lowest BCUT2D eigenvalue weighted by molar-refractivity contribution is 0.317. The Labute approximate surface area is 107 Å². The smallest absolute Gasteiger partial charge is 0.122 e. The fourth-order valence-electron chi connectivity index (χ4n) is 1.78. The van der Waals surface area contributed by atoms with Gasteiger partial charge in [-0.1, -0.05) is 19.1 Å². The van der Waals surface area contributed by atoms with Crippen LogP contribution in [0.15, 0.2) is 30.3 Å². The van der Waals surface area contributed by atoms with E-state index in [1.165, 1.54) is 0 Å². The zero-order valence-corrected chi connectivity index (χ0v) is 10.9. The first-order valence-electron chi connectivity index (χ1n) is 6.20. The Morgan fingerprint density at radius 2 is 2.00 bits per heavy atom. The third-order valence-corrected chi connectivity index (χ3v) is 2.66. The second kappa shape index (κ2) is 5.58. The second-order valence-electron chi connectivity index (χ2n) is 4.36. The molecule has 1 aromatic carbocycles. The van der Waals surface area contributed by atoms with Gasteiger partial charge in [0.1, 0.15) is 11.6 Å². The van der Waals surface area contributed by atoms with Gasteiger partial charge in [-0.3, -0.25) is 0 Å². The van der Waals surface area contributed by atoms with Crippen molar-refractivity contribution < 1.29 is 4.74 Å². The van der Waals surface area contributed by atoms with Crippen LogP contribution in [-0.4, -0.2) is 16.4 Å². The Hall–Kier alpha value is -1.97. The first kappa shape index (κ1) is 12.5. The van der Waals surface area contributed by atoms with Crippen molar-refractivity contribution in [3.63, 3.8) is 0 Å². The number of ether oxygens (including phenoxy) is 1. The Morgan fingerprint density at radius 3 is 2.56 bits per heavy atom. The molecule has 0 atom stereocenters. The Kier molecular flexibility index (Phi) is 3.87. The topological polar surface area (TPSA) is 53.1 Å². The van der Waals surface area contributed by atoms with Crippen LogP contribution in [0.3, 0.4) is 0 Å². The molecule has 0 bridgehead atoms. The summed E-state index contributed by atoms with van der Waals surface area (Å²) in [5, 5.41) is 4.34. The summed E-state index contributed by atoms with van der Waals surface area (Å²) in [5.41, 5.74) is 7.96. The predicted octanol–water partition coefficient (Wildman–Crippen LogP) is 2.61. The lowest BCUT2D eigenvalue weighted by atomic mass is 10.2. The van der Waals surface area contributed by atoms with E-state index < -0.39 is 0 Å². The molecule has 0 spiro atoms. The van der Waals surface area contributed by atoms with Crippen molar-refractivity contribution in [3.8, 4) is 5.75 Å². The molecular weight excluding hydrogens is 226 g/mol. The van der Waals surface area contributed by atoms with Gasteiger partial charge in [0.2, 0.25) is 0 Å². The molecule has 4 nitrogen and oxygen atoms in total. The number of aromatic nitrogens is 2. The Bertz CT molecular complexity index is 502. The van der Waals surface area contributed by atoms with E-state index >= 15 is 0 Å². The van der Waals surface area contributed by atoms with Gasteiger partial charge in [0.05, 0.1) is 18.8 Å². The van der Waals surface area contributed by atoms with E-state index in [9.17, 15) is 0 Å². The van der Waals surface area contributed by atoms with Crippen molar-refractivity contribution in [2.75, 3.05) is 12.3 Å². The first-order valence-corrected chi connectivity index (χ1v) is 6.20. The maximum atomic E-state index is 5.86. The van der Waals surface area contributed by atoms with Crippen LogP contribution in [0.4, 0.5) is 5.82 Å². The minimum Gasteiger partial charge on any atom is -0.494 e. The largest absolute Gasteiger partial charge is 0.494 e. The normalized spacial score (nSPS) is 10.6. The van der Waals surface area contributed by atoms with Crippen LogP contribution in [0.2, 0.25) is 0 Å². The number of nitrogen functional groups attached to an aromatic ring is 1. The van der Waals surface area contributed by atoms with Crippen molar-refractivity contribution in [3.05, 3.63) is 41.6 Å². The molecule has 1 heterocycles. The number of anilines is 1. The zero-order chi connectivity index (χ0) is 13.0. The lowest BCUT2D eigenvalue weighted by Crippen LogP contribution is -2.05. The Balaban J connectivity index is 2.04. The summed E-state index contributed by atoms with van der Waals surface area (Å²) in [4.78, 5) is 0. The van der Waals surface area contributed by atoms with Crippen molar-refractivity contribution >= 4 is 5.82 Å². The maximum absolute atomic E-state index is 5.86. The van der Waals surface area contributed by atoms with Gasteiger partial charge in [-0.05, 0) is 31.0 Å². The Morgan fingerprint density at radius 1 is 1.28 bits per heavy atom. The van der Waals surface area contributed by atoms with Crippen LogP contribution in [0.25, 0.3) is 0 Å². The zero-order valence-electron chi connectivity index (χ0n) is 10.9. The van der Waals surface area contributed by atoms with Crippen LogP contribution < -0.4 is 10.5 Å². The maximum Gasteiger partial charge on any atom is 0.122 e. The molecule has 0 radical (unpaired) electrons. The number of rotatable bonds is 5. The molecule has 0 saturated carbocycles. The molecular formula is C14H19N3O. The molecule has 0 saturated heterocycles. The average molecular weight is 245 g/mol. The van der Waals surface area contributed by atoms with Crippen LogP contribution in [0, 0.1) is 6.92 Å². The summed E-state index contributed by atoms with van der Waals surface area (Å²) < 4.78 is 7.34. The summed E-state index contributed by atoms with van der Waals surface area (Å²) in [6, 6.07) is 9.93. The van der Waals surface area contributed by atoms with Crippen LogP contribution in [0.5, 0.6) is 5.75 Å². The number of hydrogen-bond acceptors (Lipinski definition) is 3. The molecule has 1 aromatic heterocycles. The molecule has 0 unspecified atom stereocenters. The molecule has 0 aliphatic carbocycles. The third kappa shape index (κ3) is 3.03. The standard InChI is InChI=1S/C14H19N3O/c1-3-8-18-13-6-4-12(5-7-13)10-17-14(15)9-11(2)16-17/h4-7,9H,3,8,10,15H2,1-2H3. The number of nitrogens with two attached hydrogens (primary N) is 1. The minimum absolute atomic E-state index is 0.688. The molecule has 0 amide bonds. The van der Waals surface area contributed by atoms with Crippen molar-refractivity contribution in [1.82, 2.24) is 9.78 Å². The van der Waals surface area contributed by atoms with Gasteiger partial charge in [-0.2, -0.15) is 5.10 Å². The SMILES string of the molecule is CCCOc1ccc(Cn2nc(C)cc2N)cc1. The molecule has 2 N–H and O–H groups in total. The van der Waals surface area contributed by atoms with Gasteiger partial charge >= 0.3 is 0 Å². The number of aryl methyl sites for hydroxylation is 1. The van der Waals surface area contributed by atoms with Crippen LogP contribution in [-0.2, 0) is 6.54 Å². The van der Waals surface area contributed by atoms with Gasteiger partial charge in [0.25, 0.3) is 0 Å². The molecule has 4 heteroatoms. The summed E-state index contributed by atoms with van der Waals surface area (Å²) in [5.74, 6) is 1.60. The summed E-state index contributed by atoms with van der Waals surface area (Å²) in [7, 11) is 0. The summed E-state index contributed by atoms with van der Waals surface area (Å²) >= 11 is 0. The molecule has 0 fully saturated rings. The number of hydrogen-bond donors (Lipinski definition) is 1. The summed E-state index contributed by atoms with van der Waals surface area (Å²) in [6.07, 6.45) is 1.02. The van der Waals surface area contributed by atoms with Crippen LogP contribution in [0.1, 0.15) is 24.6 Å². The van der Waals surface area contributed by atoms with E-state index in [4.69, 9.17) is 10.5 Å². The quantitative estimate of drug-likeness (QED) is 0.881. The van der Waals surface area contributed by atoms with Crippen LogP contribution >= 0.6 is 0 Å². The first-order chi connectivity index (χ1) is 8.69. The van der Waals surface area contributed by atoms with E-state index in [2.05, 4.69) is 12.0 Å². The number of benzene rings is 1. The average Bonchev–Trinajstić information content (AvgIpc) is 2.67. The van der Waals surface area contributed by atoms with Gasteiger partial charge in [-0.25, -0.2) is 4.68 Å². The number of nitrogens with zero attached hydrogens (tertiary/aromatic N) is 2. The highest BCUT2D eigenvalue weighted by Gasteiger charge is 2.02. The fourth-order valence-corrected chi connectivity index (χ4v) is 1.78. The van der Waals surface area contributed by atoms with Gasteiger partial charge in [0.15, 0.2) is 0 Å². The molecule has 2 rings (SSSR count). The highest BCUT2D eigenvalue weighted by atomic mass is 16.5. The monoisotopic (exact) mass is 245 g/mol. The van der Waals surface area contributed by atoms with Gasteiger partial charge in [-0.15, -0.1) is 0 Å². The van der Waals surface area contributed by atoms with E-state index in [1.54, 1.807) is 4.68 Å². The highest BCUT2D eigenvalue weighted by molar-refractivity contribution is 5.33. The molecule has 0 aliphatic rings. The van der Waals surface area contributed by atoms with Gasteiger partial charge < -0.3 is 10.5 Å². The molecule has 0 aliphatic heterocycles. The van der Waals surface area contributed by atoms with Crippen molar-refractivity contribution in [2.24, 2.45) is 0 Å². The minimum atomic E-state index is 0.688. The molecule has 18 heavy (non-hydrogen) atoms. The van der Waals surface area contributed by atoms with E-state index in [0.29, 0.717) is 12.4 Å². The summed E-state index contributed by atoms with van der Waals surface area (Å²) in [6.45, 7) is 5.48. The van der Waals surface area contributed by atoms with E-state index in [1.807, 2.05) is 37.3 Å². The predicted molar refractivity (Wildman–Crippen MR) is 72.7 cm³/mol. The van der Waals surface area contributed by atoms with Crippen molar-refractivity contribution in [1.29, 1.82) is 0 Å². The molecule has 2 aromatic rings. The third-order valence-electron chi connectivity index (χ3n) is 2.66. The van der Waals surface area contributed by atoms with E-state index in [0.717, 1.165) is 30.0 Å². The molecule has 96 valence electrons. The van der Waals surface area contributed by atoms with Gasteiger partial charge in [0, 0.05) is 6.07 Å². The lowest BCUT2D eigenvalue weighted by Gasteiger charge is -2.07. The van der Waals surface area contributed by atoms with E-state index in [-0.39, 0.29) is 0 Å².